The van der Waals surface area contributed by atoms with E-state index in [9.17, 15) is 36.1 Å². The fraction of sp³-hybridized carbons (Fsp3) is 0.0714. The molecule has 1 aliphatic carbocycles. The van der Waals surface area contributed by atoms with Gasteiger partial charge in [0.15, 0.2) is 0 Å². The molecular weight excluding hydrogens is 402 g/mol. The summed E-state index contributed by atoms with van der Waals surface area (Å²) in [5.41, 5.74) is 7.94. The van der Waals surface area contributed by atoms with Crippen LogP contribution < -0.4 is 0 Å². The molecule has 1 aromatic rings. The van der Waals surface area contributed by atoms with Crippen molar-refractivity contribution in [1.29, 1.82) is 0 Å². The van der Waals surface area contributed by atoms with Crippen molar-refractivity contribution in [2.24, 2.45) is 0 Å². The summed E-state index contributed by atoms with van der Waals surface area (Å²) in [6.45, 7) is 0. The van der Waals surface area contributed by atoms with Crippen molar-refractivity contribution in [2.75, 3.05) is 0 Å². The molecule has 0 aliphatic heterocycles. The topological polar surface area (TPSA) is 188 Å². The van der Waals surface area contributed by atoms with E-state index in [4.69, 9.17) is 5.53 Å². The summed E-state index contributed by atoms with van der Waals surface area (Å²) in [6, 6.07) is 2.71. The summed E-state index contributed by atoms with van der Waals surface area (Å²) in [4.78, 5) is 11.5. The number of benzene rings is 1. The summed E-state index contributed by atoms with van der Waals surface area (Å²) < 4.78 is 64.5. The van der Waals surface area contributed by atoms with Gasteiger partial charge in [-0.05, 0) is 23.3 Å². The molecule has 0 saturated carbocycles. The van der Waals surface area contributed by atoms with Gasteiger partial charge in [-0.3, -0.25) is 19.2 Å². The molecule has 0 saturated heterocycles. The maximum absolute atomic E-state index is 11.5. The largest absolute Gasteiger partial charge is 0.361 e. The molecule has 11 nitrogen and oxygen atoms in total. The van der Waals surface area contributed by atoms with Crippen molar-refractivity contribution in [3.05, 3.63) is 68.1 Å². The van der Waals surface area contributed by atoms with Crippen molar-refractivity contribution in [2.45, 2.75) is 11.3 Å². The molecule has 142 valence electrons. The van der Waals surface area contributed by atoms with E-state index in [1.165, 1.54) is 12.2 Å². The lowest BCUT2D eigenvalue weighted by atomic mass is 10.0. The van der Waals surface area contributed by atoms with Crippen molar-refractivity contribution < 1.29 is 35.7 Å². The van der Waals surface area contributed by atoms with Crippen LogP contribution in [0.5, 0.6) is 0 Å². The van der Waals surface area contributed by atoms with Crippen LogP contribution in [0.15, 0.2) is 51.8 Å². The number of rotatable bonds is 5. The normalized spacial score (nSPS) is 15.3. The molecule has 0 amide bonds. The fourth-order valence-electron chi connectivity index (χ4n) is 2.24. The second-order valence-electron chi connectivity index (χ2n) is 5.24. The van der Waals surface area contributed by atoms with E-state index in [-0.39, 0.29) is 16.8 Å². The lowest BCUT2D eigenvalue weighted by Crippen LogP contribution is -2.12. The van der Waals surface area contributed by atoms with Gasteiger partial charge in [-0.2, -0.15) is 21.6 Å². The highest BCUT2D eigenvalue weighted by molar-refractivity contribution is 7.89. The Hall–Kier alpha value is -2.96. The monoisotopic (exact) mass is 413 g/mol. The maximum atomic E-state index is 11.5. The molecule has 0 radical (unpaired) electrons. The molecule has 0 fully saturated rings. The Morgan fingerprint density at radius 3 is 2.30 bits per heavy atom. The number of nitrogens with zero attached hydrogens (tertiary/aromatic N) is 3. The van der Waals surface area contributed by atoms with Gasteiger partial charge in [0.1, 0.15) is 4.90 Å². The van der Waals surface area contributed by atoms with Crippen LogP contribution in [-0.4, -0.2) is 41.4 Å². The van der Waals surface area contributed by atoms with E-state index in [2.05, 4.69) is 4.79 Å². The molecule has 0 bridgehead atoms. The fourth-order valence-corrected chi connectivity index (χ4v) is 3.71. The van der Waals surface area contributed by atoms with Crippen LogP contribution in [0.4, 0.5) is 5.69 Å². The van der Waals surface area contributed by atoms with E-state index in [1.54, 1.807) is 0 Å². The van der Waals surface area contributed by atoms with Crippen LogP contribution in [0.1, 0.15) is 12.0 Å². The lowest BCUT2D eigenvalue weighted by molar-refractivity contribution is -0.385. The highest BCUT2D eigenvalue weighted by Crippen LogP contribution is 2.26. The van der Waals surface area contributed by atoms with Crippen molar-refractivity contribution in [1.82, 2.24) is 0 Å². The van der Waals surface area contributed by atoms with Gasteiger partial charge in [0, 0.05) is 18.2 Å². The highest BCUT2D eigenvalue weighted by atomic mass is 32.2. The third-order valence-corrected chi connectivity index (χ3v) is 5.40. The van der Waals surface area contributed by atoms with E-state index >= 15 is 0 Å². The van der Waals surface area contributed by atoms with Gasteiger partial charge in [0.05, 0.1) is 16.2 Å². The number of hydrogen-bond donors (Lipinski definition) is 2. The number of non-ortho nitro benzene ring substituents is 1. The smallest absolute Gasteiger partial charge is 0.297 e. The minimum atomic E-state index is -4.81. The zero-order valence-corrected chi connectivity index (χ0v) is 14.9. The Bertz CT molecular complexity index is 1170. The average Bonchev–Trinajstić information content (AvgIpc) is 2.58. The Morgan fingerprint density at radius 1 is 1.11 bits per heavy atom. The first-order chi connectivity index (χ1) is 12.4. The highest BCUT2D eigenvalue weighted by Gasteiger charge is 2.26. The van der Waals surface area contributed by atoms with Gasteiger partial charge in [0.2, 0.25) is 0 Å². The molecule has 2 N–H and O–H groups in total. The van der Waals surface area contributed by atoms with E-state index in [0.29, 0.717) is 6.07 Å². The first-order valence-corrected chi connectivity index (χ1v) is 9.85. The van der Waals surface area contributed by atoms with Crippen molar-refractivity contribution in [3.63, 3.8) is 0 Å². The van der Waals surface area contributed by atoms with Gasteiger partial charge < -0.3 is 5.53 Å². The number of hydrogen-bond acceptors (Lipinski definition) is 6. The lowest BCUT2D eigenvalue weighted by Gasteiger charge is -2.08. The van der Waals surface area contributed by atoms with Crippen LogP contribution in [0.25, 0.3) is 11.6 Å². The Morgan fingerprint density at radius 2 is 1.78 bits per heavy atom. The third kappa shape index (κ3) is 4.81. The predicted octanol–water partition coefficient (Wildman–Crippen LogP) is 1.63. The standard InChI is InChI=1S/C14H11N3O8S2/c15-16-11-5-3-9(13(7-11)26(20,21)22)1-2-10-4-6-12(17(18)19)8-14(10)27(23,24)25/h1-6,8H,7H2,(H,20,21,22)(H,23,24,25). The quantitative estimate of drug-likeness (QED) is 0.239. The van der Waals surface area contributed by atoms with E-state index in [1.807, 2.05) is 0 Å². The van der Waals surface area contributed by atoms with Crippen LogP contribution in [-0.2, 0) is 20.2 Å². The summed E-state index contributed by atoms with van der Waals surface area (Å²) in [5.74, 6) is 0. The molecule has 2 rings (SSSR count). The minimum Gasteiger partial charge on any atom is -0.361 e. The Balaban J connectivity index is 2.60. The number of allylic oxidation sites excluding steroid dienone is 5. The van der Waals surface area contributed by atoms with Crippen molar-refractivity contribution in [3.8, 4) is 0 Å². The zero-order valence-electron chi connectivity index (χ0n) is 13.3. The van der Waals surface area contributed by atoms with Crippen LogP contribution in [0, 0.1) is 10.1 Å². The Kier molecular flexibility index (Phi) is 5.54. The summed E-state index contributed by atoms with van der Waals surface area (Å²) in [7, 11) is -9.46. The Labute approximate surface area is 153 Å². The third-order valence-electron chi connectivity index (χ3n) is 3.49. The summed E-state index contributed by atoms with van der Waals surface area (Å²) in [6.07, 6.45) is 4.30. The van der Waals surface area contributed by atoms with E-state index in [0.717, 1.165) is 24.3 Å². The first-order valence-electron chi connectivity index (χ1n) is 6.97. The molecule has 1 aromatic carbocycles. The van der Waals surface area contributed by atoms with Gasteiger partial charge in [-0.15, -0.1) is 0 Å². The average molecular weight is 413 g/mol. The molecule has 0 spiro atoms. The molecular formula is C14H11N3O8S2. The molecule has 0 unspecified atom stereocenters. The van der Waals surface area contributed by atoms with Crippen LogP contribution in [0.3, 0.4) is 0 Å². The van der Waals surface area contributed by atoms with Gasteiger partial charge in [-0.25, -0.2) is 0 Å². The van der Waals surface area contributed by atoms with Gasteiger partial charge >= 0.3 is 0 Å². The second-order valence-corrected chi connectivity index (χ2v) is 8.08. The molecule has 0 atom stereocenters. The maximum Gasteiger partial charge on any atom is 0.297 e. The SMILES string of the molecule is [N-]=[N+]=C1C=CC(C=Cc2ccc([N+](=O)[O-])cc2S(=O)(=O)O)=C(S(=O)(=O)O)C1. The van der Waals surface area contributed by atoms with Crippen LogP contribution in [0.2, 0.25) is 0 Å². The summed E-state index contributed by atoms with van der Waals surface area (Å²) >= 11 is 0. The van der Waals surface area contributed by atoms with Gasteiger partial charge in [0.25, 0.3) is 31.6 Å². The zero-order chi connectivity index (χ0) is 20.4. The molecule has 0 heterocycles. The predicted molar refractivity (Wildman–Crippen MR) is 92.9 cm³/mol. The van der Waals surface area contributed by atoms with Crippen LogP contribution >= 0.6 is 0 Å². The molecule has 0 aromatic heterocycles. The molecule has 13 heteroatoms. The summed E-state index contributed by atoms with van der Waals surface area (Å²) in [5, 5.41) is 10.8. The first kappa shape index (κ1) is 20.4. The second kappa shape index (κ2) is 7.34. The number of nitro benzene ring substituents is 1. The van der Waals surface area contributed by atoms with Crippen molar-refractivity contribution >= 4 is 37.7 Å². The molecule has 1 aliphatic rings. The number of nitro groups is 1. The van der Waals surface area contributed by atoms with E-state index < -0.39 is 47.1 Å². The minimum absolute atomic E-state index is 0.0336. The van der Waals surface area contributed by atoms with Gasteiger partial charge in [-0.1, -0.05) is 12.2 Å². The molecule has 27 heavy (non-hydrogen) atoms.